The summed E-state index contributed by atoms with van der Waals surface area (Å²) in [5.41, 5.74) is 0.231. The number of aliphatic hydroxyl groups excluding tert-OH is 1. The van der Waals surface area contributed by atoms with Crippen molar-refractivity contribution in [2.75, 3.05) is 13.2 Å². The van der Waals surface area contributed by atoms with Crippen LogP contribution in [0.5, 0.6) is 0 Å². The molecule has 0 aliphatic heterocycles. The van der Waals surface area contributed by atoms with E-state index >= 15 is 0 Å². The quantitative estimate of drug-likeness (QED) is 0.833. The molecule has 1 aromatic rings. The molecular weight excluding hydrogens is 288 g/mol. The van der Waals surface area contributed by atoms with Gasteiger partial charge in [0.05, 0.1) is 15.5 Å². The Bertz CT molecular complexity index is 581. The maximum atomic E-state index is 12.0. The van der Waals surface area contributed by atoms with Gasteiger partial charge in [0.1, 0.15) is 6.07 Å². The van der Waals surface area contributed by atoms with Crippen molar-refractivity contribution in [1.82, 2.24) is 4.72 Å². The second kappa shape index (κ2) is 6.87. The van der Waals surface area contributed by atoms with E-state index < -0.39 is 10.0 Å². The first-order chi connectivity index (χ1) is 8.90. The first-order valence-corrected chi connectivity index (χ1v) is 7.57. The minimum Gasteiger partial charge on any atom is -0.396 e. The van der Waals surface area contributed by atoms with E-state index in [4.69, 9.17) is 22.0 Å². The van der Waals surface area contributed by atoms with Gasteiger partial charge in [-0.15, -0.1) is 0 Å². The maximum absolute atomic E-state index is 12.0. The lowest BCUT2D eigenvalue weighted by Gasteiger charge is -2.12. The molecular formula is C12H15ClN2O3S. The summed E-state index contributed by atoms with van der Waals surface area (Å²) in [7, 11) is -3.65. The van der Waals surface area contributed by atoms with Gasteiger partial charge in [0.2, 0.25) is 10.0 Å². The molecule has 19 heavy (non-hydrogen) atoms. The number of sulfonamides is 1. The van der Waals surface area contributed by atoms with E-state index in [2.05, 4.69) is 4.72 Å². The van der Waals surface area contributed by atoms with Crippen LogP contribution >= 0.6 is 11.6 Å². The second-order valence-electron chi connectivity index (χ2n) is 4.22. The molecule has 0 aromatic heterocycles. The van der Waals surface area contributed by atoms with Gasteiger partial charge in [-0.25, -0.2) is 13.1 Å². The number of nitriles is 1. The lowest BCUT2D eigenvalue weighted by molar-refractivity contribution is 0.263. The average Bonchev–Trinajstić information content (AvgIpc) is 2.37. The number of hydrogen-bond donors (Lipinski definition) is 2. The van der Waals surface area contributed by atoms with Crippen molar-refractivity contribution in [3.8, 4) is 6.07 Å². The monoisotopic (exact) mass is 302 g/mol. The van der Waals surface area contributed by atoms with E-state index in [1.165, 1.54) is 18.2 Å². The number of nitrogens with one attached hydrogen (secondary N) is 1. The van der Waals surface area contributed by atoms with Gasteiger partial charge in [-0.1, -0.05) is 18.5 Å². The zero-order chi connectivity index (χ0) is 14.5. The third-order valence-corrected chi connectivity index (χ3v) is 4.35. The van der Waals surface area contributed by atoms with Crippen molar-refractivity contribution in [3.05, 3.63) is 28.8 Å². The predicted octanol–water partition coefficient (Wildman–Crippen LogP) is 1.51. The minimum absolute atomic E-state index is 0.0194. The average molecular weight is 303 g/mol. The number of aliphatic hydroxyl groups is 1. The molecule has 1 atom stereocenters. The Kier molecular flexibility index (Phi) is 5.76. The van der Waals surface area contributed by atoms with Crippen LogP contribution in [0.25, 0.3) is 0 Å². The van der Waals surface area contributed by atoms with Gasteiger partial charge in [0, 0.05) is 13.2 Å². The fourth-order valence-electron chi connectivity index (χ4n) is 1.41. The molecule has 104 valence electrons. The van der Waals surface area contributed by atoms with E-state index in [1.54, 1.807) is 0 Å². The summed E-state index contributed by atoms with van der Waals surface area (Å²) >= 11 is 5.80. The number of nitrogens with zero attached hydrogens (tertiary/aromatic N) is 1. The van der Waals surface area contributed by atoms with Gasteiger partial charge in [-0.05, 0) is 30.5 Å². The first-order valence-electron chi connectivity index (χ1n) is 5.71. The van der Waals surface area contributed by atoms with Gasteiger partial charge < -0.3 is 5.11 Å². The topological polar surface area (TPSA) is 90.2 Å². The SMILES string of the molecule is CC(CCO)CNS(=O)(=O)c1ccc(C#N)c(Cl)c1. The van der Waals surface area contributed by atoms with Gasteiger partial charge in [0.25, 0.3) is 0 Å². The molecule has 0 bridgehead atoms. The van der Waals surface area contributed by atoms with Gasteiger partial charge >= 0.3 is 0 Å². The molecule has 0 spiro atoms. The lowest BCUT2D eigenvalue weighted by Crippen LogP contribution is -2.28. The van der Waals surface area contributed by atoms with Gasteiger partial charge in [0.15, 0.2) is 0 Å². The highest BCUT2D eigenvalue weighted by molar-refractivity contribution is 7.89. The fourth-order valence-corrected chi connectivity index (χ4v) is 2.89. The smallest absolute Gasteiger partial charge is 0.240 e. The third-order valence-electron chi connectivity index (χ3n) is 2.62. The van der Waals surface area contributed by atoms with E-state index in [9.17, 15) is 8.42 Å². The molecule has 2 N–H and O–H groups in total. The zero-order valence-corrected chi connectivity index (χ0v) is 12.0. The summed E-state index contributed by atoms with van der Waals surface area (Å²) in [5, 5.41) is 17.6. The highest BCUT2D eigenvalue weighted by Crippen LogP contribution is 2.20. The Morgan fingerprint density at radius 1 is 1.53 bits per heavy atom. The summed E-state index contributed by atoms with van der Waals surface area (Å²) in [6, 6.07) is 5.82. The van der Waals surface area contributed by atoms with Crippen LogP contribution in [0.3, 0.4) is 0 Å². The highest BCUT2D eigenvalue weighted by atomic mass is 35.5. The van der Waals surface area contributed by atoms with Crippen LogP contribution in [0.15, 0.2) is 23.1 Å². The summed E-state index contributed by atoms with van der Waals surface area (Å²) < 4.78 is 26.4. The van der Waals surface area contributed by atoms with Crippen molar-refractivity contribution >= 4 is 21.6 Å². The standard InChI is InChI=1S/C12H15ClN2O3S/c1-9(4-5-16)8-15-19(17,18)11-3-2-10(7-14)12(13)6-11/h2-3,6,9,15-16H,4-5,8H2,1H3. The van der Waals surface area contributed by atoms with Crippen molar-refractivity contribution in [1.29, 1.82) is 5.26 Å². The Morgan fingerprint density at radius 2 is 2.21 bits per heavy atom. The van der Waals surface area contributed by atoms with E-state index in [-0.39, 0.29) is 34.6 Å². The van der Waals surface area contributed by atoms with Crippen molar-refractivity contribution in [3.63, 3.8) is 0 Å². The van der Waals surface area contributed by atoms with Crippen molar-refractivity contribution in [2.24, 2.45) is 5.92 Å². The van der Waals surface area contributed by atoms with Crippen LogP contribution in [-0.2, 0) is 10.0 Å². The largest absolute Gasteiger partial charge is 0.396 e. The third kappa shape index (κ3) is 4.48. The van der Waals surface area contributed by atoms with E-state index in [0.717, 1.165) is 0 Å². The van der Waals surface area contributed by atoms with Gasteiger partial charge in [-0.3, -0.25) is 0 Å². The number of hydrogen-bond acceptors (Lipinski definition) is 4. The predicted molar refractivity (Wildman–Crippen MR) is 72.2 cm³/mol. The summed E-state index contributed by atoms with van der Waals surface area (Å²) in [4.78, 5) is 0.0210. The number of halogens is 1. The van der Waals surface area contributed by atoms with Crippen LogP contribution in [0.4, 0.5) is 0 Å². The summed E-state index contributed by atoms with van der Waals surface area (Å²) in [6.45, 7) is 2.09. The van der Waals surface area contributed by atoms with Crippen LogP contribution in [0, 0.1) is 17.2 Å². The summed E-state index contributed by atoms with van der Waals surface area (Å²) in [5.74, 6) is 0.0358. The number of rotatable bonds is 6. The maximum Gasteiger partial charge on any atom is 0.240 e. The Morgan fingerprint density at radius 3 is 2.74 bits per heavy atom. The molecule has 0 saturated carbocycles. The number of benzene rings is 1. The Hall–Kier alpha value is -1.13. The molecule has 0 aliphatic rings. The molecule has 0 amide bonds. The molecule has 1 unspecified atom stereocenters. The van der Waals surface area contributed by atoms with Crippen LogP contribution in [0.1, 0.15) is 18.9 Å². The van der Waals surface area contributed by atoms with E-state index in [1.807, 2.05) is 13.0 Å². The van der Waals surface area contributed by atoms with Crippen LogP contribution in [-0.4, -0.2) is 26.7 Å². The van der Waals surface area contributed by atoms with Crippen LogP contribution < -0.4 is 4.72 Å². The second-order valence-corrected chi connectivity index (χ2v) is 6.40. The molecule has 0 fully saturated rings. The Labute approximate surface area is 117 Å². The first kappa shape index (κ1) is 15.9. The van der Waals surface area contributed by atoms with Crippen molar-refractivity contribution < 1.29 is 13.5 Å². The molecule has 1 rings (SSSR count). The Balaban J connectivity index is 2.84. The molecule has 1 aromatic carbocycles. The van der Waals surface area contributed by atoms with Crippen molar-refractivity contribution in [2.45, 2.75) is 18.2 Å². The molecule has 0 aliphatic carbocycles. The fraction of sp³-hybridized carbons (Fsp3) is 0.417. The summed E-state index contributed by atoms with van der Waals surface area (Å²) in [6.07, 6.45) is 0.524. The molecule has 7 heteroatoms. The highest BCUT2D eigenvalue weighted by Gasteiger charge is 2.16. The normalized spacial score (nSPS) is 12.9. The zero-order valence-electron chi connectivity index (χ0n) is 10.4. The van der Waals surface area contributed by atoms with Crippen LogP contribution in [0.2, 0.25) is 5.02 Å². The molecule has 0 heterocycles. The van der Waals surface area contributed by atoms with Gasteiger partial charge in [-0.2, -0.15) is 5.26 Å². The molecule has 0 radical (unpaired) electrons. The lowest BCUT2D eigenvalue weighted by atomic mass is 10.1. The van der Waals surface area contributed by atoms with E-state index in [0.29, 0.717) is 6.42 Å². The minimum atomic E-state index is -3.65. The molecule has 5 nitrogen and oxygen atoms in total. The molecule has 0 saturated heterocycles.